The van der Waals surface area contributed by atoms with Gasteiger partial charge in [-0.05, 0) is 79.0 Å². The third kappa shape index (κ3) is 3.62. The van der Waals surface area contributed by atoms with Gasteiger partial charge in [0.2, 0.25) is 0 Å². The predicted octanol–water partition coefficient (Wildman–Crippen LogP) is 5.11. The van der Waals surface area contributed by atoms with E-state index in [9.17, 15) is 4.79 Å². The Hall–Kier alpha value is -2.29. The normalized spacial score (nSPS) is 14.2. The molecule has 0 saturated carbocycles. The number of nitrogens with one attached hydrogen (secondary N) is 1. The number of amides is 1. The number of fused-ring (bicyclic) bond motifs is 1. The van der Waals surface area contributed by atoms with Gasteiger partial charge in [0.05, 0.1) is 13.2 Å². The lowest BCUT2D eigenvalue weighted by Crippen LogP contribution is -2.27. The Labute approximate surface area is 156 Å². The van der Waals surface area contributed by atoms with Crippen molar-refractivity contribution in [3.63, 3.8) is 0 Å². The van der Waals surface area contributed by atoms with Gasteiger partial charge in [-0.25, -0.2) is 0 Å². The summed E-state index contributed by atoms with van der Waals surface area (Å²) in [5.74, 6) is 1.12. The number of ether oxygens (including phenoxy) is 1. The lowest BCUT2D eigenvalue weighted by molar-refractivity contribution is 0.0939. The van der Waals surface area contributed by atoms with E-state index in [-0.39, 0.29) is 11.9 Å². The van der Waals surface area contributed by atoms with E-state index in [1.54, 1.807) is 7.11 Å². The summed E-state index contributed by atoms with van der Waals surface area (Å²) in [6.07, 6.45) is 3.57. The van der Waals surface area contributed by atoms with Crippen molar-refractivity contribution in [3.05, 3.63) is 63.7 Å². The molecule has 26 heavy (non-hydrogen) atoms. The summed E-state index contributed by atoms with van der Waals surface area (Å²) < 4.78 is 5.48. The number of carbonyl (C=O) groups excluding carboxylic acids is 1. The zero-order chi connectivity index (χ0) is 18.8. The fraction of sp³-hybridized carbons (Fsp3) is 0.435. The molecular formula is C23H29NO2. The Kier molecular flexibility index (Phi) is 5.36. The molecule has 1 aliphatic rings. The molecule has 3 heteroatoms. The van der Waals surface area contributed by atoms with Crippen LogP contribution in [0.2, 0.25) is 0 Å². The van der Waals surface area contributed by atoms with Crippen LogP contribution in [0.5, 0.6) is 5.75 Å². The first-order valence-corrected chi connectivity index (χ1v) is 9.51. The highest BCUT2D eigenvalue weighted by Gasteiger charge is 2.19. The summed E-state index contributed by atoms with van der Waals surface area (Å²) in [4.78, 5) is 12.9. The maximum absolute atomic E-state index is 12.9. The molecule has 0 radical (unpaired) electrons. The van der Waals surface area contributed by atoms with Crippen molar-refractivity contribution in [1.29, 1.82) is 0 Å². The van der Waals surface area contributed by atoms with Gasteiger partial charge in [0, 0.05) is 5.56 Å². The van der Waals surface area contributed by atoms with Crippen molar-refractivity contribution in [1.82, 2.24) is 5.32 Å². The maximum Gasteiger partial charge on any atom is 0.252 e. The van der Waals surface area contributed by atoms with Crippen LogP contribution in [-0.2, 0) is 12.8 Å². The summed E-state index contributed by atoms with van der Waals surface area (Å²) in [6, 6.07) is 10.5. The van der Waals surface area contributed by atoms with Gasteiger partial charge in [-0.1, -0.05) is 32.0 Å². The van der Waals surface area contributed by atoms with Gasteiger partial charge in [-0.3, -0.25) is 4.79 Å². The molecule has 1 aliphatic carbocycles. The molecule has 2 aromatic rings. The van der Waals surface area contributed by atoms with Gasteiger partial charge in [0.25, 0.3) is 5.91 Å². The quantitative estimate of drug-likeness (QED) is 0.813. The molecule has 2 aromatic carbocycles. The molecule has 0 bridgehead atoms. The third-order valence-corrected chi connectivity index (χ3v) is 5.41. The van der Waals surface area contributed by atoms with Gasteiger partial charge in [-0.15, -0.1) is 0 Å². The van der Waals surface area contributed by atoms with Crippen LogP contribution in [0.15, 0.2) is 30.3 Å². The number of hydrogen-bond acceptors (Lipinski definition) is 2. The van der Waals surface area contributed by atoms with Crippen LogP contribution in [0, 0.1) is 6.92 Å². The highest BCUT2D eigenvalue weighted by Crippen LogP contribution is 2.30. The molecule has 138 valence electrons. The molecule has 0 saturated heterocycles. The average molecular weight is 351 g/mol. The summed E-state index contributed by atoms with van der Waals surface area (Å²) in [5.41, 5.74) is 6.79. The van der Waals surface area contributed by atoms with Crippen molar-refractivity contribution in [2.75, 3.05) is 7.11 Å². The number of rotatable bonds is 5. The molecule has 0 aromatic heterocycles. The number of aryl methyl sites for hydroxylation is 3. The standard InChI is InChI=1S/C23H29NO2/c1-14(2)20-13-21(15(3)11-22(20)26-5)23(25)24-16(4)18-10-9-17-7-6-8-19(17)12-18/h9-14,16H,6-8H2,1-5H3,(H,24,25)/t16-/m1/s1. The lowest BCUT2D eigenvalue weighted by Gasteiger charge is -2.19. The Balaban J connectivity index is 1.82. The van der Waals surface area contributed by atoms with Gasteiger partial charge in [0.1, 0.15) is 5.75 Å². The molecule has 0 heterocycles. The highest BCUT2D eigenvalue weighted by molar-refractivity contribution is 5.96. The van der Waals surface area contributed by atoms with Crippen LogP contribution in [0.3, 0.4) is 0 Å². The van der Waals surface area contributed by atoms with Crippen molar-refractivity contribution in [2.24, 2.45) is 0 Å². The predicted molar refractivity (Wildman–Crippen MR) is 106 cm³/mol. The van der Waals surface area contributed by atoms with Crippen molar-refractivity contribution in [2.45, 2.75) is 58.9 Å². The van der Waals surface area contributed by atoms with Crippen LogP contribution < -0.4 is 10.1 Å². The van der Waals surface area contributed by atoms with Gasteiger partial charge in [-0.2, -0.15) is 0 Å². The fourth-order valence-corrected chi connectivity index (χ4v) is 3.79. The first kappa shape index (κ1) is 18.5. The van der Waals surface area contributed by atoms with Crippen molar-refractivity contribution >= 4 is 5.91 Å². The van der Waals surface area contributed by atoms with E-state index in [0.29, 0.717) is 5.92 Å². The molecule has 0 unspecified atom stereocenters. The Bertz CT molecular complexity index is 823. The van der Waals surface area contributed by atoms with Gasteiger partial charge >= 0.3 is 0 Å². The molecule has 1 atom stereocenters. The third-order valence-electron chi connectivity index (χ3n) is 5.41. The minimum Gasteiger partial charge on any atom is -0.496 e. The Morgan fingerprint density at radius 1 is 1.08 bits per heavy atom. The summed E-state index contributed by atoms with van der Waals surface area (Å²) >= 11 is 0. The van der Waals surface area contributed by atoms with E-state index in [1.165, 1.54) is 29.5 Å². The van der Waals surface area contributed by atoms with E-state index in [0.717, 1.165) is 28.9 Å². The SMILES string of the molecule is COc1cc(C)c(C(=O)N[C@H](C)c2ccc3c(c2)CCC3)cc1C(C)C. The number of benzene rings is 2. The second-order valence-corrected chi connectivity index (χ2v) is 7.64. The zero-order valence-electron chi connectivity index (χ0n) is 16.5. The first-order valence-electron chi connectivity index (χ1n) is 9.51. The minimum atomic E-state index is -0.0277. The second-order valence-electron chi connectivity index (χ2n) is 7.64. The summed E-state index contributed by atoms with van der Waals surface area (Å²) in [7, 11) is 1.68. The monoisotopic (exact) mass is 351 g/mol. The molecule has 0 aliphatic heterocycles. The lowest BCUT2D eigenvalue weighted by atomic mass is 9.95. The van der Waals surface area contributed by atoms with Crippen molar-refractivity contribution < 1.29 is 9.53 Å². The minimum absolute atomic E-state index is 0.0163. The maximum atomic E-state index is 12.9. The molecular weight excluding hydrogens is 322 g/mol. The Morgan fingerprint density at radius 3 is 2.50 bits per heavy atom. The topological polar surface area (TPSA) is 38.3 Å². The molecule has 1 N–H and O–H groups in total. The molecule has 3 rings (SSSR count). The first-order chi connectivity index (χ1) is 12.4. The van der Waals surface area contributed by atoms with E-state index < -0.39 is 0 Å². The van der Waals surface area contributed by atoms with E-state index in [1.807, 2.05) is 19.1 Å². The number of carbonyl (C=O) groups is 1. The van der Waals surface area contributed by atoms with Crippen LogP contribution in [0.25, 0.3) is 0 Å². The van der Waals surface area contributed by atoms with Gasteiger partial charge < -0.3 is 10.1 Å². The fourth-order valence-electron chi connectivity index (χ4n) is 3.79. The molecule has 1 amide bonds. The van der Waals surface area contributed by atoms with Crippen LogP contribution in [-0.4, -0.2) is 13.0 Å². The highest BCUT2D eigenvalue weighted by atomic mass is 16.5. The van der Waals surface area contributed by atoms with Gasteiger partial charge in [0.15, 0.2) is 0 Å². The van der Waals surface area contributed by atoms with E-state index >= 15 is 0 Å². The molecule has 0 spiro atoms. The van der Waals surface area contributed by atoms with E-state index in [4.69, 9.17) is 4.74 Å². The number of methoxy groups -OCH3 is 1. The summed E-state index contributed by atoms with van der Waals surface area (Å²) in [6.45, 7) is 8.24. The average Bonchev–Trinajstić information content (AvgIpc) is 3.08. The largest absolute Gasteiger partial charge is 0.496 e. The van der Waals surface area contributed by atoms with Crippen molar-refractivity contribution in [3.8, 4) is 5.75 Å². The van der Waals surface area contributed by atoms with Crippen LogP contribution in [0.4, 0.5) is 0 Å². The second kappa shape index (κ2) is 7.53. The van der Waals surface area contributed by atoms with Crippen LogP contribution >= 0.6 is 0 Å². The Morgan fingerprint density at radius 2 is 1.81 bits per heavy atom. The zero-order valence-corrected chi connectivity index (χ0v) is 16.5. The van der Waals surface area contributed by atoms with E-state index in [2.05, 4.69) is 44.3 Å². The molecule has 3 nitrogen and oxygen atoms in total. The van der Waals surface area contributed by atoms with Crippen LogP contribution in [0.1, 0.15) is 77.3 Å². The number of hydrogen-bond donors (Lipinski definition) is 1. The molecule has 0 fully saturated rings. The summed E-state index contributed by atoms with van der Waals surface area (Å²) in [5, 5.41) is 3.17. The smallest absolute Gasteiger partial charge is 0.252 e.